The van der Waals surface area contributed by atoms with E-state index >= 15 is 0 Å². The SMILES string of the molecule is CC(C)C.CCC.COCCOCCOCCOCCOCCOCCOCCOCCCN(CCCOCCOCCOCCOCCOCCOCCOCCOC)CCCc1cc(NC(=O)C(C)NC(=O)CNC(=O)CN(C)C(=O)/C=C\C=O)ccc1COC(C)=O. The third kappa shape index (κ3) is 67.7. The number of esters is 1. The molecule has 3 N–H and O–H groups in total. The largest absolute Gasteiger partial charge is 0.461 e. The molecule has 1 unspecified atom stereocenters. The van der Waals surface area contributed by atoms with Crippen LogP contribution in [-0.4, -0.2) is 304 Å². The van der Waals surface area contributed by atoms with Gasteiger partial charge in [0.1, 0.15) is 18.9 Å². The Hall–Kier alpha value is -4.70. The van der Waals surface area contributed by atoms with E-state index in [1.165, 1.54) is 27.3 Å². The molecule has 28 nitrogen and oxygen atoms in total. The number of nitrogens with one attached hydrogen (secondary N) is 3. The number of allylic oxidation sites excluding steroid dienone is 1. The summed E-state index contributed by atoms with van der Waals surface area (Å²) in [6.07, 6.45) is 6.63. The lowest BCUT2D eigenvalue weighted by atomic mass is 10.0. The number of aryl methyl sites for hydroxylation is 1. The monoisotopic (exact) mass is 1370 g/mol. The minimum atomic E-state index is -0.975. The molecule has 1 aromatic rings. The number of nitrogens with zero attached hydrogens (tertiary/aromatic N) is 2. The molecule has 0 aromatic heterocycles. The first-order valence-corrected chi connectivity index (χ1v) is 33.4. The molecule has 0 heterocycles. The molecular formula is C67H123N5O23. The molecule has 0 bridgehead atoms. The molecule has 1 atom stereocenters. The molecule has 0 saturated carbocycles. The van der Waals surface area contributed by atoms with Crippen LogP contribution in [0.1, 0.15) is 85.3 Å². The van der Waals surface area contributed by atoms with Crippen LogP contribution in [0.25, 0.3) is 0 Å². The maximum atomic E-state index is 13.2. The summed E-state index contributed by atoms with van der Waals surface area (Å²) in [5.74, 6) is -1.89. The Morgan fingerprint density at radius 1 is 0.495 bits per heavy atom. The zero-order chi connectivity index (χ0) is 70.3. The van der Waals surface area contributed by atoms with Crippen LogP contribution < -0.4 is 16.0 Å². The highest BCUT2D eigenvalue weighted by atomic mass is 16.6. The Balaban J connectivity index is 0. The number of carbonyl (C=O) groups is 6. The molecule has 0 aliphatic rings. The van der Waals surface area contributed by atoms with Crippen molar-refractivity contribution in [1.82, 2.24) is 20.4 Å². The summed E-state index contributed by atoms with van der Waals surface area (Å²) in [5.41, 5.74) is 2.14. The lowest BCUT2D eigenvalue weighted by Crippen LogP contribution is -2.47. The van der Waals surface area contributed by atoms with E-state index in [0.717, 1.165) is 73.0 Å². The molecule has 28 heteroatoms. The Bertz CT molecular complexity index is 1920. The molecule has 0 saturated heterocycles. The van der Waals surface area contributed by atoms with Gasteiger partial charge in [-0.15, -0.1) is 0 Å². The zero-order valence-corrected chi connectivity index (χ0v) is 59.4. The quantitative estimate of drug-likeness (QED) is 0.0357. The fourth-order valence-electron chi connectivity index (χ4n) is 7.38. The first kappa shape index (κ1) is 92.4. The number of hydrogen-bond donors (Lipinski definition) is 3. The van der Waals surface area contributed by atoms with Crippen molar-refractivity contribution in [3.63, 3.8) is 0 Å². The van der Waals surface area contributed by atoms with Crippen LogP contribution in [-0.2, 0) is 122 Å². The Morgan fingerprint density at radius 3 is 1.19 bits per heavy atom. The number of ether oxygens (including phenoxy) is 17. The fraction of sp³-hybridized carbons (Fsp3) is 0.791. The number of hydrogen-bond acceptors (Lipinski definition) is 24. The second kappa shape index (κ2) is 72.1. The first-order valence-electron chi connectivity index (χ1n) is 33.4. The zero-order valence-electron chi connectivity index (χ0n) is 59.4. The maximum Gasteiger partial charge on any atom is 0.302 e. The van der Waals surface area contributed by atoms with Crippen molar-refractivity contribution in [1.29, 1.82) is 0 Å². The lowest BCUT2D eigenvalue weighted by molar-refractivity contribution is -0.142. The minimum absolute atomic E-state index is 0.0526. The average Bonchev–Trinajstić information content (AvgIpc) is 0.954. The third-order valence-electron chi connectivity index (χ3n) is 12.0. The van der Waals surface area contributed by atoms with E-state index in [4.69, 9.17) is 80.5 Å². The molecule has 95 heavy (non-hydrogen) atoms. The number of benzene rings is 1. The van der Waals surface area contributed by atoms with Crippen molar-refractivity contribution in [2.24, 2.45) is 5.92 Å². The third-order valence-corrected chi connectivity index (χ3v) is 12.0. The van der Waals surface area contributed by atoms with E-state index in [-0.39, 0.29) is 13.2 Å². The van der Waals surface area contributed by atoms with Gasteiger partial charge in [0.15, 0.2) is 0 Å². The summed E-state index contributed by atoms with van der Waals surface area (Å²) in [7, 11) is 4.64. The van der Waals surface area contributed by atoms with Gasteiger partial charge in [-0.05, 0) is 74.4 Å². The molecule has 0 aliphatic carbocycles. The number of amides is 4. The minimum Gasteiger partial charge on any atom is -0.461 e. The van der Waals surface area contributed by atoms with E-state index < -0.39 is 42.2 Å². The summed E-state index contributed by atoms with van der Waals surface area (Å²) in [6.45, 7) is 29.7. The van der Waals surface area contributed by atoms with E-state index in [1.54, 1.807) is 26.4 Å². The predicted molar refractivity (Wildman–Crippen MR) is 360 cm³/mol. The van der Waals surface area contributed by atoms with Crippen molar-refractivity contribution in [2.45, 2.75) is 93.2 Å². The van der Waals surface area contributed by atoms with Gasteiger partial charge in [-0.2, -0.15) is 0 Å². The summed E-state index contributed by atoms with van der Waals surface area (Å²) in [5, 5.41) is 7.80. The van der Waals surface area contributed by atoms with E-state index in [9.17, 15) is 28.8 Å². The maximum absolute atomic E-state index is 13.2. The standard InChI is InChI=1S/C60H105N5O23.C4H10.C3H8/c1-52(62-57(68)49-61-58(69)50-64(3)59(70)11-7-17-66)60(71)63-56-13-12-55(51-88-53(2)67)54(48-56)10-6-14-65(15-8-18-74-24-26-78-32-34-82-40-42-86-46-44-84-38-36-80-30-28-76-22-20-72-4)16-9-19-75-25-27-79-33-35-83-41-43-87-47-45-85-39-37-81-31-29-77-23-21-73-5;1-4(2)3;1-3-2/h7,11-13,17,48,52H,6,8-10,14-16,18-47,49-51H2,1-5H3,(H,61,69)(H,62,68)(H,63,71);4H,1-3H3;3H2,1-2H3/b11-7-;;. The topological polar surface area (TPSA) is 302 Å². The van der Waals surface area contributed by atoms with E-state index in [1.807, 2.05) is 6.07 Å². The number of methoxy groups -OCH3 is 2. The highest BCUT2D eigenvalue weighted by Crippen LogP contribution is 2.20. The van der Waals surface area contributed by atoms with Gasteiger partial charge in [0, 0.05) is 66.3 Å². The number of rotatable bonds is 65. The molecule has 1 aromatic carbocycles. The molecule has 0 aliphatic heterocycles. The smallest absolute Gasteiger partial charge is 0.302 e. The van der Waals surface area contributed by atoms with Crippen LogP contribution in [0.4, 0.5) is 5.69 Å². The second-order valence-corrected chi connectivity index (χ2v) is 21.7. The molecule has 554 valence electrons. The Morgan fingerprint density at radius 2 is 0.842 bits per heavy atom. The van der Waals surface area contributed by atoms with Gasteiger partial charge in [0.05, 0.1) is 198 Å². The summed E-state index contributed by atoms with van der Waals surface area (Å²) in [4.78, 5) is 75.8. The molecule has 1 rings (SSSR count). The normalized spacial score (nSPS) is 11.5. The van der Waals surface area contributed by atoms with Gasteiger partial charge in [0.25, 0.3) is 0 Å². The van der Waals surface area contributed by atoms with Crippen LogP contribution >= 0.6 is 0 Å². The van der Waals surface area contributed by atoms with Gasteiger partial charge in [-0.25, -0.2) is 0 Å². The van der Waals surface area contributed by atoms with Gasteiger partial charge in [0.2, 0.25) is 23.6 Å². The van der Waals surface area contributed by atoms with Crippen LogP contribution in [0.15, 0.2) is 30.4 Å². The predicted octanol–water partition coefficient (Wildman–Crippen LogP) is 4.14. The van der Waals surface area contributed by atoms with Crippen LogP contribution in [0.2, 0.25) is 0 Å². The van der Waals surface area contributed by atoms with Crippen molar-refractivity contribution >= 4 is 41.6 Å². The number of likely N-dealkylation sites (N-methyl/N-ethyl adjacent to an activating group) is 1. The van der Waals surface area contributed by atoms with Gasteiger partial charge in [-0.1, -0.05) is 47.1 Å². The van der Waals surface area contributed by atoms with E-state index in [2.05, 4.69) is 55.5 Å². The van der Waals surface area contributed by atoms with Crippen molar-refractivity contribution in [2.75, 3.05) is 258 Å². The van der Waals surface area contributed by atoms with Crippen LogP contribution in [0.3, 0.4) is 0 Å². The first-order chi connectivity index (χ1) is 46.1. The highest BCUT2D eigenvalue weighted by molar-refractivity contribution is 5.98. The fourth-order valence-corrected chi connectivity index (χ4v) is 7.38. The van der Waals surface area contributed by atoms with Crippen molar-refractivity contribution < 1.29 is 109 Å². The summed E-state index contributed by atoms with van der Waals surface area (Å²) in [6, 6.07) is 4.35. The molecule has 0 radical (unpaired) electrons. The molecule has 4 amide bonds. The van der Waals surface area contributed by atoms with Crippen LogP contribution in [0.5, 0.6) is 0 Å². The lowest BCUT2D eigenvalue weighted by Gasteiger charge is -2.23. The Kier molecular flexibility index (Phi) is 70.1. The molecule has 0 fully saturated rings. The van der Waals surface area contributed by atoms with Gasteiger partial charge >= 0.3 is 5.97 Å². The second-order valence-electron chi connectivity index (χ2n) is 21.7. The van der Waals surface area contributed by atoms with Crippen molar-refractivity contribution in [3.05, 3.63) is 41.5 Å². The van der Waals surface area contributed by atoms with Crippen LogP contribution in [0, 0.1) is 5.92 Å². The van der Waals surface area contributed by atoms with Crippen molar-refractivity contribution in [3.8, 4) is 0 Å². The summed E-state index contributed by atoms with van der Waals surface area (Å²) < 4.78 is 93.3. The number of aldehydes is 1. The number of carbonyl (C=O) groups excluding carboxylic acids is 6. The van der Waals surface area contributed by atoms with Gasteiger partial charge < -0.3 is 106 Å². The van der Waals surface area contributed by atoms with Gasteiger partial charge in [-0.3, -0.25) is 28.8 Å². The molecular weight excluding hydrogens is 1240 g/mol. The molecule has 0 spiro atoms. The van der Waals surface area contributed by atoms with E-state index in [0.29, 0.717) is 217 Å². The number of anilines is 1. The highest BCUT2D eigenvalue weighted by Gasteiger charge is 2.19. The summed E-state index contributed by atoms with van der Waals surface area (Å²) >= 11 is 0. The average molecular weight is 1370 g/mol. The Labute approximate surface area is 567 Å².